The van der Waals surface area contributed by atoms with Crippen LogP contribution in [0.1, 0.15) is 18.9 Å². The molecule has 1 unspecified atom stereocenters. The Kier molecular flexibility index (Phi) is 8.50. The van der Waals surface area contributed by atoms with Crippen LogP contribution in [0, 0.1) is 0 Å². The van der Waals surface area contributed by atoms with Gasteiger partial charge in [0.25, 0.3) is 0 Å². The zero-order valence-corrected chi connectivity index (χ0v) is 18.4. The number of aliphatic imine (C=N–C) groups is 1. The largest absolute Gasteiger partial charge is 0.508 e. The van der Waals surface area contributed by atoms with E-state index < -0.39 is 0 Å². The minimum Gasteiger partial charge on any atom is -0.508 e. The fourth-order valence-electron chi connectivity index (χ4n) is 3.07. The quantitative estimate of drug-likeness (QED) is 0.330. The fraction of sp³-hybridized carbons (Fsp3) is 0.350. The van der Waals surface area contributed by atoms with E-state index in [1.54, 1.807) is 12.1 Å². The highest BCUT2D eigenvalue weighted by Crippen LogP contribution is 2.23. The molecule has 1 heterocycles. The SMILES string of the molecule is CCNC(=NCc1ccc(O)cc1)NC1CCN(c2cccc(Cl)c2)C1.I. The lowest BCUT2D eigenvalue weighted by Gasteiger charge is -2.20. The topological polar surface area (TPSA) is 59.9 Å². The van der Waals surface area contributed by atoms with E-state index in [1.165, 1.54) is 0 Å². The van der Waals surface area contributed by atoms with Gasteiger partial charge in [-0.2, -0.15) is 0 Å². The average Bonchev–Trinajstić information content (AvgIpc) is 3.10. The van der Waals surface area contributed by atoms with Crippen LogP contribution < -0.4 is 15.5 Å². The van der Waals surface area contributed by atoms with Crippen molar-refractivity contribution < 1.29 is 5.11 Å². The molecule has 2 aromatic rings. The number of benzene rings is 2. The minimum atomic E-state index is 0. The number of rotatable bonds is 5. The third-order valence-corrected chi connectivity index (χ3v) is 4.64. The monoisotopic (exact) mass is 500 g/mol. The Hall–Kier alpha value is -1.67. The van der Waals surface area contributed by atoms with E-state index in [-0.39, 0.29) is 29.7 Å². The molecule has 5 nitrogen and oxygen atoms in total. The molecule has 0 spiro atoms. The number of halogens is 2. The van der Waals surface area contributed by atoms with Crippen molar-refractivity contribution in [1.29, 1.82) is 0 Å². The number of nitrogens with one attached hydrogen (secondary N) is 2. The number of hydrogen-bond donors (Lipinski definition) is 3. The molecule has 27 heavy (non-hydrogen) atoms. The van der Waals surface area contributed by atoms with Crippen molar-refractivity contribution in [2.24, 2.45) is 4.99 Å². The standard InChI is InChI=1S/C20H25ClN4O.HI/c1-2-22-20(23-13-15-6-8-19(26)9-7-15)24-17-10-11-25(14-17)18-5-3-4-16(21)12-18;/h3-9,12,17,26H,2,10-11,13-14H2,1H3,(H2,22,23,24);1H. The Morgan fingerprint density at radius 1 is 1.26 bits per heavy atom. The summed E-state index contributed by atoms with van der Waals surface area (Å²) >= 11 is 6.11. The van der Waals surface area contributed by atoms with Gasteiger partial charge in [-0.05, 0) is 49.2 Å². The van der Waals surface area contributed by atoms with Gasteiger partial charge < -0.3 is 20.6 Å². The summed E-state index contributed by atoms with van der Waals surface area (Å²) in [6, 6.07) is 15.5. The molecule has 0 aromatic heterocycles. The molecule has 0 saturated carbocycles. The molecule has 0 amide bonds. The Labute approximate surface area is 182 Å². The number of anilines is 1. The first kappa shape index (κ1) is 21.6. The summed E-state index contributed by atoms with van der Waals surface area (Å²) < 4.78 is 0. The van der Waals surface area contributed by atoms with E-state index >= 15 is 0 Å². The summed E-state index contributed by atoms with van der Waals surface area (Å²) in [6.45, 7) is 5.36. The van der Waals surface area contributed by atoms with E-state index in [1.807, 2.05) is 30.3 Å². The maximum absolute atomic E-state index is 9.37. The lowest BCUT2D eigenvalue weighted by Crippen LogP contribution is -2.44. The number of phenolic OH excluding ortho intramolecular Hbond substituents is 1. The molecule has 1 fully saturated rings. The van der Waals surface area contributed by atoms with Gasteiger partial charge in [0.05, 0.1) is 6.54 Å². The maximum Gasteiger partial charge on any atom is 0.191 e. The minimum absolute atomic E-state index is 0. The highest BCUT2D eigenvalue weighted by atomic mass is 127. The lowest BCUT2D eigenvalue weighted by molar-refractivity contribution is 0.475. The van der Waals surface area contributed by atoms with Crippen molar-refractivity contribution in [2.75, 3.05) is 24.5 Å². The van der Waals surface area contributed by atoms with Gasteiger partial charge in [0.15, 0.2) is 5.96 Å². The van der Waals surface area contributed by atoms with Crippen LogP contribution in [0.15, 0.2) is 53.5 Å². The first-order valence-corrected chi connectivity index (χ1v) is 9.35. The van der Waals surface area contributed by atoms with Gasteiger partial charge in [0, 0.05) is 36.4 Å². The van der Waals surface area contributed by atoms with Crippen molar-refractivity contribution in [3.05, 3.63) is 59.1 Å². The van der Waals surface area contributed by atoms with Gasteiger partial charge in [0.1, 0.15) is 5.75 Å². The van der Waals surface area contributed by atoms with Gasteiger partial charge in [0.2, 0.25) is 0 Å². The Balaban J connectivity index is 0.00000261. The van der Waals surface area contributed by atoms with Gasteiger partial charge in [-0.15, -0.1) is 24.0 Å². The first-order valence-electron chi connectivity index (χ1n) is 8.97. The van der Waals surface area contributed by atoms with Crippen molar-refractivity contribution in [1.82, 2.24) is 10.6 Å². The summed E-state index contributed by atoms with van der Waals surface area (Å²) in [4.78, 5) is 7.00. The summed E-state index contributed by atoms with van der Waals surface area (Å²) in [7, 11) is 0. The molecule has 3 rings (SSSR count). The van der Waals surface area contributed by atoms with Crippen molar-refractivity contribution in [3.8, 4) is 5.75 Å². The normalized spacial score (nSPS) is 16.7. The third kappa shape index (κ3) is 6.46. The molecule has 2 aromatic carbocycles. The van der Waals surface area contributed by atoms with Crippen molar-refractivity contribution >= 4 is 47.2 Å². The van der Waals surface area contributed by atoms with Crippen LogP contribution in [0.5, 0.6) is 5.75 Å². The number of phenols is 1. The lowest BCUT2D eigenvalue weighted by atomic mass is 10.2. The Morgan fingerprint density at radius 2 is 2.04 bits per heavy atom. The molecule has 1 atom stereocenters. The highest BCUT2D eigenvalue weighted by molar-refractivity contribution is 14.0. The molecule has 1 aliphatic heterocycles. The molecule has 0 bridgehead atoms. The second-order valence-corrected chi connectivity index (χ2v) is 6.85. The van der Waals surface area contributed by atoms with Crippen molar-refractivity contribution in [2.45, 2.75) is 25.9 Å². The molecular formula is C20H26ClIN4O. The summed E-state index contributed by atoms with van der Waals surface area (Å²) in [5.74, 6) is 1.09. The third-order valence-electron chi connectivity index (χ3n) is 4.40. The first-order chi connectivity index (χ1) is 12.6. The van der Waals surface area contributed by atoms with Gasteiger partial charge in [-0.3, -0.25) is 0 Å². The molecule has 1 aliphatic rings. The predicted molar refractivity (Wildman–Crippen MR) is 124 cm³/mol. The van der Waals surface area contributed by atoms with E-state index in [0.29, 0.717) is 12.6 Å². The van der Waals surface area contributed by atoms with Crippen LogP contribution in [0.4, 0.5) is 5.69 Å². The summed E-state index contributed by atoms with van der Waals surface area (Å²) in [6.07, 6.45) is 1.05. The van der Waals surface area contributed by atoms with Gasteiger partial charge in [-0.25, -0.2) is 4.99 Å². The zero-order chi connectivity index (χ0) is 18.4. The zero-order valence-electron chi connectivity index (χ0n) is 15.4. The second-order valence-electron chi connectivity index (χ2n) is 6.42. The smallest absolute Gasteiger partial charge is 0.191 e. The summed E-state index contributed by atoms with van der Waals surface area (Å²) in [5, 5.41) is 17.0. The van der Waals surface area contributed by atoms with Crippen LogP contribution in [-0.4, -0.2) is 36.7 Å². The Morgan fingerprint density at radius 3 is 2.74 bits per heavy atom. The van der Waals surface area contributed by atoms with Crippen LogP contribution in [0.2, 0.25) is 5.02 Å². The van der Waals surface area contributed by atoms with E-state index in [4.69, 9.17) is 11.6 Å². The van der Waals surface area contributed by atoms with Crippen molar-refractivity contribution in [3.63, 3.8) is 0 Å². The molecule has 0 radical (unpaired) electrons. The van der Waals surface area contributed by atoms with Crippen LogP contribution in [0.3, 0.4) is 0 Å². The second kappa shape index (κ2) is 10.6. The molecule has 146 valence electrons. The van der Waals surface area contributed by atoms with E-state index in [9.17, 15) is 5.11 Å². The van der Waals surface area contributed by atoms with Crippen LogP contribution >= 0.6 is 35.6 Å². The van der Waals surface area contributed by atoms with E-state index in [0.717, 1.165) is 48.3 Å². The Bertz CT molecular complexity index is 754. The van der Waals surface area contributed by atoms with Crippen LogP contribution in [-0.2, 0) is 6.54 Å². The molecule has 0 aliphatic carbocycles. The fourth-order valence-corrected chi connectivity index (χ4v) is 3.26. The summed E-state index contributed by atoms with van der Waals surface area (Å²) in [5.41, 5.74) is 2.22. The van der Waals surface area contributed by atoms with E-state index in [2.05, 4.69) is 33.5 Å². The number of guanidine groups is 1. The molecule has 1 saturated heterocycles. The van der Waals surface area contributed by atoms with Gasteiger partial charge in [-0.1, -0.05) is 29.8 Å². The molecule has 3 N–H and O–H groups in total. The average molecular weight is 501 g/mol. The highest BCUT2D eigenvalue weighted by Gasteiger charge is 2.23. The number of nitrogens with zero attached hydrogens (tertiary/aromatic N) is 2. The maximum atomic E-state index is 9.37. The van der Waals surface area contributed by atoms with Crippen LogP contribution in [0.25, 0.3) is 0 Å². The molecular weight excluding hydrogens is 475 g/mol. The number of hydrogen-bond acceptors (Lipinski definition) is 3. The predicted octanol–water partition coefficient (Wildman–Crippen LogP) is 4.00. The number of aromatic hydroxyl groups is 1. The molecule has 7 heteroatoms. The van der Waals surface area contributed by atoms with Gasteiger partial charge >= 0.3 is 0 Å².